The molecule has 1 atom stereocenters. The molecule has 0 saturated carbocycles. The van der Waals surface area contributed by atoms with Gasteiger partial charge in [0.05, 0.1) is 4.47 Å². The van der Waals surface area contributed by atoms with Crippen molar-refractivity contribution in [2.75, 3.05) is 13.2 Å². The first kappa shape index (κ1) is 9.99. The van der Waals surface area contributed by atoms with Gasteiger partial charge in [0, 0.05) is 6.04 Å². The lowest BCUT2D eigenvalue weighted by Gasteiger charge is -2.27. The smallest absolute Gasteiger partial charge is 0.133 e. The normalized spacial score (nSPS) is 20.3. The zero-order valence-corrected chi connectivity index (χ0v) is 9.80. The Balaban J connectivity index is 1.96. The van der Waals surface area contributed by atoms with Crippen LogP contribution < -0.4 is 10.1 Å². The van der Waals surface area contributed by atoms with E-state index in [9.17, 15) is 0 Å². The van der Waals surface area contributed by atoms with Gasteiger partial charge in [-0.3, -0.25) is 0 Å². The Labute approximate surface area is 92.8 Å². The van der Waals surface area contributed by atoms with Crippen LogP contribution in [0.4, 0.5) is 0 Å². The molecule has 1 aromatic carbocycles. The molecule has 1 aliphatic rings. The largest absolute Gasteiger partial charge is 0.491 e. The average molecular weight is 256 g/mol. The number of nitrogens with one attached hydrogen (secondary N) is 1. The van der Waals surface area contributed by atoms with Crippen LogP contribution in [-0.2, 0) is 0 Å². The maximum atomic E-state index is 5.71. The highest BCUT2D eigenvalue weighted by Crippen LogP contribution is 2.26. The van der Waals surface area contributed by atoms with E-state index in [0.717, 1.165) is 23.4 Å². The number of benzene rings is 1. The minimum atomic E-state index is 0.544. The Bertz CT molecular complexity index is 323. The first-order valence-electron chi connectivity index (χ1n) is 4.88. The van der Waals surface area contributed by atoms with Gasteiger partial charge in [0.15, 0.2) is 0 Å². The molecular weight excluding hydrogens is 242 g/mol. The van der Waals surface area contributed by atoms with Crippen molar-refractivity contribution in [3.63, 3.8) is 0 Å². The lowest BCUT2D eigenvalue weighted by Crippen LogP contribution is -2.46. The second-order valence-corrected chi connectivity index (χ2v) is 4.54. The summed E-state index contributed by atoms with van der Waals surface area (Å²) >= 11 is 3.48. The molecule has 1 heterocycles. The minimum Gasteiger partial charge on any atom is -0.491 e. The first-order chi connectivity index (χ1) is 6.75. The third-order valence-corrected chi connectivity index (χ3v) is 3.11. The highest BCUT2D eigenvalue weighted by atomic mass is 79.9. The van der Waals surface area contributed by atoms with Crippen molar-refractivity contribution >= 4 is 15.9 Å². The molecule has 2 nitrogen and oxygen atoms in total. The molecule has 0 radical (unpaired) electrons. The Kier molecular flexibility index (Phi) is 3.08. The number of hydrogen-bond acceptors (Lipinski definition) is 2. The van der Waals surface area contributed by atoms with Crippen LogP contribution in [0, 0.1) is 6.92 Å². The summed E-state index contributed by atoms with van der Waals surface area (Å²) in [6.45, 7) is 3.96. The second kappa shape index (κ2) is 4.32. The summed E-state index contributed by atoms with van der Waals surface area (Å²) in [5, 5.41) is 3.31. The first-order valence-corrected chi connectivity index (χ1v) is 5.67. The molecule has 76 valence electrons. The number of ether oxygens (including phenoxy) is 1. The van der Waals surface area contributed by atoms with Gasteiger partial charge in [-0.15, -0.1) is 0 Å². The van der Waals surface area contributed by atoms with Gasteiger partial charge in [0.25, 0.3) is 0 Å². The fraction of sp³-hybridized carbons (Fsp3) is 0.455. The summed E-state index contributed by atoms with van der Waals surface area (Å²) in [6.07, 6.45) is 1.23. The quantitative estimate of drug-likeness (QED) is 0.897. The van der Waals surface area contributed by atoms with E-state index >= 15 is 0 Å². The zero-order chi connectivity index (χ0) is 9.97. The molecule has 1 saturated heterocycles. The van der Waals surface area contributed by atoms with E-state index in [1.165, 1.54) is 12.0 Å². The van der Waals surface area contributed by atoms with Gasteiger partial charge in [-0.25, -0.2) is 0 Å². The van der Waals surface area contributed by atoms with Crippen LogP contribution >= 0.6 is 15.9 Å². The molecular formula is C11H14BrNO. The Morgan fingerprint density at radius 3 is 3.00 bits per heavy atom. The number of aryl methyl sites for hydroxylation is 1. The number of hydrogen-bond donors (Lipinski definition) is 1. The lowest BCUT2D eigenvalue weighted by atomic mass is 10.1. The van der Waals surface area contributed by atoms with Crippen LogP contribution in [-0.4, -0.2) is 19.2 Å². The molecule has 1 aromatic rings. The fourth-order valence-corrected chi connectivity index (χ4v) is 1.76. The summed E-state index contributed by atoms with van der Waals surface area (Å²) in [4.78, 5) is 0. The minimum absolute atomic E-state index is 0.544. The van der Waals surface area contributed by atoms with Gasteiger partial charge in [-0.2, -0.15) is 0 Å². The maximum absolute atomic E-state index is 5.71. The predicted octanol–water partition coefficient (Wildman–Crippen LogP) is 2.50. The highest BCUT2D eigenvalue weighted by molar-refractivity contribution is 9.10. The van der Waals surface area contributed by atoms with Crippen LogP contribution in [0.5, 0.6) is 5.75 Å². The molecule has 0 aliphatic carbocycles. The van der Waals surface area contributed by atoms with Crippen molar-refractivity contribution in [1.82, 2.24) is 5.32 Å². The summed E-state index contributed by atoms with van der Waals surface area (Å²) in [5.74, 6) is 0.943. The monoisotopic (exact) mass is 255 g/mol. The van der Waals surface area contributed by atoms with Crippen molar-refractivity contribution in [2.45, 2.75) is 19.4 Å². The third-order valence-electron chi connectivity index (χ3n) is 2.45. The number of halogens is 1. The van der Waals surface area contributed by atoms with Crippen molar-refractivity contribution in [1.29, 1.82) is 0 Å². The van der Waals surface area contributed by atoms with E-state index < -0.39 is 0 Å². The van der Waals surface area contributed by atoms with E-state index in [4.69, 9.17) is 4.74 Å². The van der Waals surface area contributed by atoms with Crippen molar-refractivity contribution in [3.8, 4) is 5.75 Å². The third kappa shape index (κ3) is 2.28. The lowest BCUT2D eigenvalue weighted by molar-refractivity contribution is 0.216. The van der Waals surface area contributed by atoms with Crippen LogP contribution in [0.1, 0.15) is 12.0 Å². The van der Waals surface area contributed by atoms with Gasteiger partial charge in [-0.1, -0.05) is 6.07 Å². The van der Waals surface area contributed by atoms with Gasteiger partial charge in [0.2, 0.25) is 0 Å². The second-order valence-electron chi connectivity index (χ2n) is 3.68. The zero-order valence-electron chi connectivity index (χ0n) is 8.22. The highest BCUT2D eigenvalue weighted by Gasteiger charge is 2.17. The van der Waals surface area contributed by atoms with Crippen LogP contribution in [0.2, 0.25) is 0 Å². The van der Waals surface area contributed by atoms with Crippen LogP contribution in [0.25, 0.3) is 0 Å². The molecule has 14 heavy (non-hydrogen) atoms. The number of rotatable bonds is 3. The Morgan fingerprint density at radius 1 is 1.57 bits per heavy atom. The summed E-state index contributed by atoms with van der Waals surface area (Å²) in [5.41, 5.74) is 1.23. The van der Waals surface area contributed by atoms with Gasteiger partial charge in [0.1, 0.15) is 12.4 Å². The van der Waals surface area contributed by atoms with Crippen LogP contribution in [0.15, 0.2) is 22.7 Å². The maximum Gasteiger partial charge on any atom is 0.133 e. The van der Waals surface area contributed by atoms with Gasteiger partial charge < -0.3 is 10.1 Å². The summed E-state index contributed by atoms with van der Waals surface area (Å²) in [6, 6.07) is 6.70. The molecule has 0 bridgehead atoms. The summed E-state index contributed by atoms with van der Waals surface area (Å²) < 4.78 is 6.74. The van der Waals surface area contributed by atoms with E-state index in [1.807, 2.05) is 6.07 Å². The molecule has 1 N–H and O–H groups in total. The average Bonchev–Trinajstić information content (AvgIpc) is 2.08. The topological polar surface area (TPSA) is 21.3 Å². The van der Waals surface area contributed by atoms with Crippen molar-refractivity contribution in [3.05, 3.63) is 28.2 Å². The van der Waals surface area contributed by atoms with Crippen molar-refractivity contribution in [2.24, 2.45) is 0 Å². The van der Waals surface area contributed by atoms with Crippen LogP contribution in [0.3, 0.4) is 0 Å². The molecule has 1 unspecified atom stereocenters. The molecule has 1 aliphatic heterocycles. The van der Waals surface area contributed by atoms with E-state index in [0.29, 0.717) is 6.04 Å². The predicted molar refractivity (Wildman–Crippen MR) is 60.8 cm³/mol. The Hall–Kier alpha value is -0.540. The SMILES string of the molecule is Cc1ccc(Br)c(OCC2CCN2)c1. The molecule has 0 amide bonds. The van der Waals surface area contributed by atoms with Crippen molar-refractivity contribution < 1.29 is 4.74 Å². The standard InChI is InChI=1S/C11H14BrNO/c1-8-2-3-10(12)11(6-8)14-7-9-4-5-13-9/h2-3,6,9,13H,4-5,7H2,1H3. The van der Waals surface area contributed by atoms with E-state index in [1.54, 1.807) is 0 Å². The molecule has 0 spiro atoms. The van der Waals surface area contributed by atoms with Gasteiger partial charge in [-0.05, 0) is 53.5 Å². The van der Waals surface area contributed by atoms with Gasteiger partial charge >= 0.3 is 0 Å². The molecule has 0 aromatic heterocycles. The fourth-order valence-electron chi connectivity index (χ4n) is 1.40. The molecule has 1 fully saturated rings. The Morgan fingerprint density at radius 2 is 2.36 bits per heavy atom. The molecule has 3 heteroatoms. The molecule has 2 rings (SSSR count). The van der Waals surface area contributed by atoms with E-state index in [2.05, 4.69) is 40.3 Å². The summed E-state index contributed by atoms with van der Waals surface area (Å²) in [7, 11) is 0. The van der Waals surface area contributed by atoms with E-state index in [-0.39, 0.29) is 0 Å².